The van der Waals surface area contributed by atoms with Crippen molar-refractivity contribution in [3.05, 3.63) is 94.0 Å². The van der Waals surface area contributed by atoms with Crippen molar-refractivity contribution in [1.29, 1.82) is 0 Å². The smallest absolute Gasteiger partial charge is 0.162 e. The van der Waals surface area contributed by atoms with Gasteiger partial charge in [-0.05, 0) is 43.2 Å². The average molecular weight is 421 g/mol. The number of halogens is 1. The third-order valence-electron chi connectivity index (χ3n) is 5.32. The Morgan fingerprint density at radius 2 is 1.80 bits per heavy atom. The van der Waals surface area contributed by atoms with Crippen molar-refractivity contribution in [3.8, 4) is 11.5 Å². The summed E-state index contributed by atoms with van der Waals surface area (Å²) in [6, 6.07) is 21.6. The van der Waals surface area contributed by atoms with Crippen molar-refractivity contribution in [3.63, 3.8) is 0 Å². The van der Waals surface area contributed by atoms with Crippen LogP contribution < -0.4 is 10.1 Å². The first kappa shape index (κ1) is 20.5. The lowest BCUT2D eigenvalue weighted by molar-refractivity contribution is 0.313. The number of benzene rings is 3. The number of aryl methyl sites for hydroxylation is 1. The van der Waals surface area contributed by atoms with Gasteiger partial charge in [-0.3, -0.25) is 10.3 Å². The summed E-state index contributed by atoms with van der Waals surface area (Å²) in [7, 11) is 0. The molecule has 30 heavy (non-hydrogen) atoms. The predicted octanol–water partition coefficient (Wildman–Crippen LogP) is 5.98. The van der Waals surface area contributed by atoms with E-state index in [9.17, 15) is 5.11 Å². The summed E-state index contributed by atoms with van der Waals surface area (Å²) in [5.74, 6) is 0.677. The summed E-state index contributed by atoms with van der Waals surface area (Å²) < 4.78 is 5.59. The molecule has 3 aromatic carbocycles. The van der Waals surface area contributed by atoms with Crippen LogP contribution in [-0.2, 0) is 0 Å². The summed E-state index contributed by atoms with van der Waals surface area (Å²) in [5.41, 5.74) is 5.13. The molecular formula is C25H25ClN2O2. The monoisotopic (exact) mass is 420 g/mol. The Hall–Kier alpha value is -2.82. The Kier molecular flexibility index (Phi) is 6.07. The molecule has 0 aromatic heterocycles. The van der Waals surface area contributed by atoms with Crippen LogP contribution in [0.25, 0.3) is 0 Å². The van der Waals surface area contributed by atoms with Crippen LogP contribution in [0.3, 0.4) is 0 Å². The Morgan fingerprint density at radius 3 is 2.50 bits per heavy atom. The maximum Gasteiger partial charge on any atom is 0.162 e. The van der Waals surface area contributed by atoms with Crippen LogP contribution in [0.5, 0.6) is 11.5 Å². The average Bonchev–Trinajstić information content (AvgIpc) is 2.76. The number of aromatic hydroxyl groups is 1. The summed E-state index contributed by atoms with van der Waals surface area (Å²) in [6.45, 7) is 4.48. The van der Waals surface area contributed by atoms with E-state index in [0.717, 1.165) is 22.4 Å². The molecule has 3 aromatic rings. The van der Waals surface area contributed by atoms with Gasteiger partial charge in [-0.25, -0.2) is 0 Å². The quantitative estimate of drug-likeness (QED) is 0.534. The third-order valence-corrected chi connectivity index (χ3v) is 5.57. The fourth-order valence-corrected chi connectivity index (χ4v) is 3.86. The maximum absolute atomic E-state index is 10.8. The highest BCUT2D eigenvalue weighted by Gasteiger charge is 2.28. The molecular weight excluding hydrogens is 396 g/mol. The van der Waals surface area contributed by atoms with Crippen LogP contribution in [-0.4, -0.2) is 17.4 Å². The first-order chi connectivity index (χ1) is 14.5. The molecule has 5 heteroatoms. The van der Waals surface area contributed by atoms with Crippen molar-refractivity contribution in [2.24, 2.45) is 4.99 Å². The second kappa shape index (κ2) is 8.90. The van der Waals surface area contributed by atoms with E-state index >= 15 is 0 Å². The standard InChI is InChI=1S/C25H25ClN2O2/c1-3-30-23-6-4-5-20(24(23)29)22-15-21(17-9-7-16(2)8-10-17)27-25(28-22)18-11-13-19(26)14-12-18/h4-14,22,25,28-29H,3,15H2,1-2H3/t22-,25+/m1/s1. The molecule has 154 valence electrons. The number of para-hydroxylation sites is 1. The van der Waals surface area contributed by atoms with E-state index in [0.29, 0.717) is 23.8 Å². The summed E-state index contributed by atoms with van der Waals surface area (Å²) in [6.07, 6.45) is 0.420. The zero-order chi connectivity index (χ0) is 21.1. The van der Waals surface area contributed by atoms with Gasteiger partial charge in [0.15, 0.2) is 11.5 Å². The molecule has 1 aliphatic rings. The molecule has 0 aliphatic carbocycles. The van der Waals surface area contributed by atoms with Gasteiger partial charge in [0.05, 0.1) is 6.61 Å². The van der Waals surface area contributed by atoms with E-state index in [-0.39, 0.29) is 18.0 Å². The van der Waals surface area contributed by atoms with Gasteiger partial charge < -0.3 is 9.84 Å². The molecule has 4 nitrogen and oxygen atoms in total. The fraction of sp³-hybridized carbons (Fsp3) is 0.240. The molecule has 0 fully saturated rings. The van der Waals surface area contributed by atoms with Gasteiger partial charge in [0.1, 0.15) is 6.17 Å². The molecule has 0 bridgehead atoms. The van der Waals surface area contributed by atoms with Crippen LogP contribution >= 0.6 is 11.6 Å². The lowest BCUT2D eigenvalue weighted by Crippen LogP contribution is -2.33. The van der Waals surface area contributed by atoms with E-state index in [4.69, 9.17) is 21.3 Å². The van der Waals surface area contributed by atoms with Gasteiger partial charge in [0.25, 0.3) is 0 Å². The van der Waals surface area contributed by atoms with Gasteiger partial charge in [0.2, 0.25) is 0 Å². The zero-order valence-corrected chi connectivity index (χ0v) is 17.9. The molecule has 0 unspecified atom stereocenters. The lowest BCUT2D eigenvalue weighted by atomic mass is 9.93. The van der Waals surface area contributed by atoms with Gasteiger partial charge >= 0.3 is 0 Å². The number of rotatable bonds is 5. The van der Waals surface area contributed by atoms with Crippen molar-refractivity contribution in [2.75, 3.05) is 6.61 Å². The molecule has 4 rings (SSSR count). The summed E-state index contributed by atoms with van der Waals surface area (Å²) >= 11 is 6.08. The first-order valence-corrected chi connectivity index (χ1v) is 10.5. The third kappa shape index (κ3) is 4.35. The number of ether oxygens (including phenoxy) is 1. The Balaban J connectivity index is 1.74. The van der Waals surface area contributed by atoms with Crippen molar-refractivity contribution < 1.29 is 9.84 Å². The van der Waals surface area contributed by atoms with E-state index in [2.05, 4.69) is 36.5 Å². The first-order valence-electron chi connectivity index (χ1n) is 10.1. The van der Waals surface area contributed by atoms with E-state index < -0.39 is 0 Å². The topological polar surface area (TPSA) is 53.8 Å². The van der Waals surface area contributed by atoms with Crippen molar-refractivity contribution in [2.45, 2.75) is 32.5 Å². The SMILES string of the molecule is CCOc1cccc([C@H]2CC(c3ccc(C)cc3)=N[C@H](c3ccc(Cl)cc3)N2)c1O. The molecule has 0 saturated heterocycles. The number of hydrogen-bond acceptors (Lipinski definition) is 4. The highest BCUT2D eigenvalue weighted by atomic mass is 35.5. The van der Waals surface area contributed by atoms with Crippen LogP contribution in [0, 0.1) is 6.92 Å². The van der Waals surface area contributed by atoms with Crippen LogP contribution in [0.1, 0.15) is 47.8 Å². The Bertz CT molecular complexity index is 1050. The zero-order valence-electron chi connectivity index (χ0n) is 17.1. The van der Waals surface area contributed by atoms with E-state index in [1.807, 2.05) is 43.3 Å². The summed E-state index contributed by atoms with van der Waals surface area (Å²) in [5, 5.41) is 15.1. The summed E-state index contributed by atoms with van der Waals surface area (Å²) in [4.78, 5) is 5.00. The number of phenolic OH excluding ortho intramolecular Hbond substituents is 1. The minimum absolute atomic E-state index is 0.111. The van der Waals surface area contributed by atoms with Gasteiger partial charge in [-0.2, -0.15) is 0 Å². The largest absolute Gasteiger partial charge is 0.504 e. The molecule has 1 aliphatic heterocycles. The highest BCUT2D eigenvalue weighted by molar-refractivity contribution is 6.30. The molecule has 2 atom stereocenters. The minimum atomic E-state index is -0.243. The molecule has 1 heterocycles. The van der Waals surface area contributed by atoms with Crippen LogP contribution in [0.4, 0.5) is 0 Å². The number of phenols is 1. The highest BCUT2D eigenvalue weighted by Crippen LogP contribution is 2.39. The minimum Gasteiger partial charge on any atom is -0.504 e. The van der Waals surface area contributed by atoms with Crippen molar-refractivity contribution in [1.82, 2.24) is 5.32 Å². The maximum atomic E-state index is 10.8. The van der Waals surface area contributed by atoms with E-state index in [1.54, 1.807) is 6.07 Å². The second-order valence-electron chi connectivity index (χ2n) is 7.45. The van der Waals surface area contributed by atoms with Gasteiger partial charge in [0, 0.05) is 28.8 Å². The Morgan fingerprint density at radius 1 is 1.07 bits per heavy atom. The van der Waals surface area contributed by atoms with Gasteiger partial charge in [-0.1, -0.05) is 65.7 Å². The normalized spacial score (nSPS) is 18.7. The predicted molar refractivity (Wildman–Crippen MR) is 122 cm³/mol. The number of aliphatic imine (C=N–C) groups is 1. The molecule has 0 amide bonds. The fourth-order valence-electron chi connectivity index (χ4n) is 3.74. The van der Waals surface area contributed by atoms with Crippen LogP contribution in [0.15, 0.2) is 71.7 Å². The molecule has 2 N–H and O–H groups in total. The lowest BCUT2D eigenvalue weighted by Gasteiger charge is -2.31. The van der Waals surface area contributed by atoms with Gasteiger partial charge in [-0.15, -0.1) is 0 Å². The van der Waals surface area contributed by atoms with Crippen LogP contribution in [0.2, 0.25) is 5.02 Å². The Labute approximate surface area is 182 Å². The second-order valence-corrected chi connectivity index (χ2v) is 7.88. The number of hydrogen-bond donors (Lipinski definition) is 2. The molecule has 0 radical (unpaired) electrons. The number of nitrogens with zero attached hydrogens (tertiary/aromatic N) is 1. The van der Waals surface area contributed by atoms with Crippen molar-refractivity contribution >= 4 is 17.3 Å². The number of nitrogens with one attached hydrogen (secondary N) is 1. The van der Waals surface area contributed by atoms with E-state index in [1.165, 1.54) is 5.56 Å². The molecule has 0 spiro atoms. The molecule has 0 saturated carbocycles.